The molecule has 0 saturated carbocycles. The number of anilines is 1. The van der Waals surface area contributed by atoms with Gasteiger partial charge in [0, 0.05) is 26.1 Å². The number of hydrogen-bond acceptors (Lipinski definition) is 6. The average molecular weight is 548 g/mol. The highest BCUT2D eigenvalue weighted by atomic mass is 32.2. The Morgan fingerprint density at radius 3 is 2.16 bits per heavy atom. The number of methoxy groups -OCH3 is 1. The fourth-order valence-corrected chi connectivity index (χ4v) is 4.89. The van der Waals surface area contributed by atoms with E-state index in [-0.39, 0.29) is 31.3 Å². The van der Waals surface area contributed by atoms with Crippen molar-refractivity contribution in [1.29, 1.82) is 0 Å². The number of amides is 2. The van der Waals surface area contributed by atoms with Crippen molar-refractivity contribution in [3.63, 3.8) is 0 Å². The molecule has 2 aromatic carbocycles. The van der Waals surface area contributed by atoms with E-state index in [2.05, 4.69) is 5.32 Å². The van der Waals surface area contributed by atoms with E-state index in [9.17, 15) is 18.0 Å². The molecule has 38 heavy (non-hydrogen) atoms. The molecule has 1 N–H and O–H groups in total. The summed E-state index contributed by atoms with van der Waals surface area (Å²) >= 11 is 0. The van der Waals surface area contributed by atoms with Crippen LogP contribution in [-0.2, 0) is 26.2 Å². The second-order valence-corrected chi connectivity index (χ2v) is 11.0. The zero-order chi connectivity index (χ0) is 28.1. The molecule has 10 heteroatoms. The van der Waals surface area contributed by atoms with E-state index in [1.165, 1.54) is 4.31 Å². The third-order valence-electron chi connectivity index (χ3n) is 6.10. The maximum atomic E-state index is 13.4. The van der Waals surface area contributed by atoms with Gasteiger partial charge in [-0.05, 0) is 68.7 Å². The quantitative estimate of drug-likeness (QED) is 0.319. The van der Waals surface area contributed by atoms with E-state index in [1.54, 1.807) is 43.2 Å². The Hall–Kier alpha value is -3.27. The summed E-state index contributed by atoms with van der Waals surface area (Å²) in [5.74, 6) is 0.916. The summed E-state index contributed by atoms with van der Waals surface area (Å²) in [5, 5.41) is 2.90. The van der Waals surface area contributed by atoms with Gasteiger partial charge in [-0.1, -0.05) is 25.5 Å². The number of carbonyl (C=O) groups excluding carboxylic acids is 2. The minimum Gasteiger partial charge on any atom is -0.497 e. The number of hydrogen-bond donors (Lipinski definition) is 1. The van der Waals surface area contributed by atoms with Gasteiger partial charge in [0.2, 0.25) is 21.8 Å². The van der Waals surface area contributed by atoms with Crippen molar-refractivity contribution in [2.45, 2.75) is 59.0 Å². The highest BCUT2D eigenvalue weighted by Gasteiger charge is 2.26. The van der Waals surface area contributed by atoms with Crippen LogP contribution in [-0.4, -0.2) is 64.2 Å². The first-order chi connectivity index (χ1) is 18.1. The summed E-state index contributed by atoms with van der Waals surface area (Å²) in [6.07, 6.45) is 3.34. The minimum absolute atomic E-state index is 0.0891. The second-order valence-electron chi connectivity index (χ2n) is 9.06. The van der Waals surface area contributed by atoms with E-state index in [1.807, 2.05) is 38.1 Å². The summed E-state index contributed by atoms with van der Waals surface area (Å²) in [5.41, 5.74) is 1.36. The van der Waals surface area contributed by atoms with Gasteiger partial charge in [0.25, 0.3) is 0 Å². The van der Waals surface area contributed by atoms with Gasteiger partial charge in [0.05, 0.1) is 25.7 Å². The smallest absolute Gasteiger partial charge is 0.242 e. The third kappa shape index (κ3) is 9.55. The number of benzene rings is 2. The topological polar surface area (TPSA) is 105 Å². The van der Waals surface area contributed by atoms with Crippen molar-refractivity contribution >= 4 is 27.5 Å². The van der Waals surface area contributed by atoms with Crippen LogP contribution in [0.5, 0.6) is 11.5 Å². The van der Waals surface area contributed by atoms with Crippen molar-refractivity contribution in [2.75, 3.05) is 37.4 Å². The second kappa shape index (κ2) is 15.2. The van der Waals surface area contributed by atoms with Gasteiger partial charge in [-0.2, -0.15) is 0 Å². The van der Waals surface area contributed by atoms with Gasteiger partial charge in [-0.3, -0.25) is 13.9 Å². The number of unbranched alkanes of at least 4 members (excludes halogenated alkanes) is 1. The van der Waals surface area contributed by atoms with Crippen molar-refractivity contribution < 1.29 is 27.5 Å². The molecule has 1 atom stereocenters. The summed E-state index contributed by atoms with van der Waals surface area (Å²) < 4.78 is 36.9. The van der Waals surface area contributed by atoms with Crippen molar-refractivity contribution in [3.8, 4) is 11.5 Å². The molecule has 0 heterocycles. The summed E-state index contributed by atoms with van der Waals surface area (Å²) in [7, 11) is -1.98. The van der Waals surface area contributed by atoms with Gasteiger partial charge in [-0.15, -0.1) is 0 Å². The highest BCUT2D eigenvalue weighted by molar-refractivity contribution is 7.92. The van der Waals surface area contributed by atoms with E-state index in [0.29, 0.717) is 36.8 Å². The Labute approximate surface area is 227 Å². The Balaban J connectivity index is 2.14. The van der Waals surface area contributed by atoms with Crippen LogP contribution < -0.4 is 19.1 Å². The Morgan fingerprint density at radius 2 is 1.61 bits per heavy atom. The summed E-state index contributed by atoms with van der Waals surface area (Å²) in [6.45, 7) is 7.08. The molecular weight excluding hydrogens is 506 g/mol. The first kappa shape index (κ1) is 31.0. The lowest BCUT2D eigenvalue weighted by molar-refractivity contribution is -0.140. The molecular formula is C28H41N3O6S. The third-order valence-corrected chi connectivity index (χ3v) is 7.29. The summed E-state index contributed by atoms with van der Waals surface area (Å²) in [4.78, 5) is 27.7. The molecule has 0 saturated heterocycles. The molecule has 9 nitrogen and oxygen atoms in total. The first-order valence-corrected chi connectivity index (χ1v) is 14.9. The van der Waals surface area contributed by atoms with Gasteiger partial charge in [0.1, 0.15) is 17.5 Å². The SMILES string of the molecule is CCCCNC(=O)C(C)N(Cc1ccc(OC)cc1)C(=O)CCCN(c1ccc(OCC)cc1)S(C)(=O)=O. The molecule has 2 rings (SSSR count). The molecule has 0 aliphatic heterocycles. The molecule has 0 aromatic heterocycles. The van der Waals surface area contributed by atoms with Gasteiger partial charge in [-0.25, -0.2) is 8.42 Å². The van der Waals surface area contributed by atoms with Crippen LogP contribution in [0, 0.1) is 0 Å². The van der Waals surface area contributed by atoms with Crippen LogP contribution in [0.25, 0.3) is 0 Å². The number of sulfonamides is 1. The maximum Gasteiger partial charge on any atom is 0.242 e. The average Bonchev–Trinajstić information content (AvgIpc) is 2.89. The van der Waals surface area contributed by atoms with Crippen LogP contribution in [0.1, 0.15) is 52.0 Å². The Bertz CT molecular complexity index is 1120. The van der Waals surface area contributed by atoms with Crippen molar-refractivity contribution in [2.24, 2.45) is 0 Å². The number of rotatable bonds is 16. The maximum absolute atomic E-state index is 13.4. The minimum atomic E-state index is -3.57. The van der Waals surface area contributed by atoms with Crippen molar-refractivity contribution in [1.82, 2.24) is 10.2 Å². The molecule has 210 valence electrons. The molecule has 0 fully saturated rings. The standard InChI is InChI=1S/C28H41N3O6S/c1-6-8-19-29-28(33)22(3)30(21-23-11-15-25(36-4)16-12-23)27(32)10-9-20-31(38(5,34)35)24-13-17-26(18-14-24)37-7-2/h11-18,22H,6-10,19-21H2,1-5H3,(H,29,33). The lowest BCUT2D eigenvalue weighted by Gasteiger charge is -2.29. The van der Waals surface area contributed by atoms with E-state index in [0.717, 1.165) is 24.7 Å². The fourth-order valence-electron chi connectivity index (χ4n) is 3.93. The van der Waals surface area contributed by atoms with E-state index >= 15 is 0 Å². The molecule has 0 bridgehead atoms. The zero-order valence-electron chi connectivity index (χ0n) is 23.1. The number of carbonyl (C=O) groups is 2. The van der Waals surface area contributed by atoms with Crippen LogP contribution in [0.15, 0.2) is 48.5 Å². The normalized spacial score (nSPS) is 11.9. The molecule has 2 aromatic rings. The molecule has 1 unspecified atom stereocenters. The van der Waals surface area contributed by atoms with Crippen LogP contribution in [0.3, 0.4) is 0 Å². The van der Waals surface area contributed by atoms with E-state index < -0.39 is 16.1 Å². The number of ether oxygens (including phenoxy) is 2. The fraction of sp³-hybridized carbons (Fsp3) is 0.500. The number of nitrogens with one attached hydrogen (secondary N) is 1. The lowest BCUT2D eigenvalue weighted by atomic mass is 10.1. The van der Waals surface area contributed by atoms with Gasteiger partial charge >= 0.3 is 0 Å². The summed E-state index contributed by atoms with van der Waals surface area (Å²) in [6, 6.07) is 13.5. The van der Waals surface area contributed by atoms with Crippen molar-refractivity contribution in [3.05, 3.63) is 54.1 Å². The molecule has 0 aliphatic carbocycles. The van der Waals surface area contributed by atoms with Crippen LogP contribution >= 0.6 is 0 Å². The van der Waals surface area contributed by atoms with Gasteiger partial charge in [0.15, 0.2) is 0 Å². The first-order valence-electron chi connectivity index (χ1n) is 13.0. The Kier molecular flexibility index (Phi) is 12.4. The number of nitrogens with zero attached hydrogens (tertiary/aromatic N) is 2. The predicted octanol–water partition coefficient (Wildman–Crippen LogP) is 3.97. The van der Waals surface area contributed by atoms with Crippen LogP contribution in [0.2, 0.25) is 0 Å². The largest absolute Gasteiger partial charge is 0.497 e. The molecule has 0 aliphatic rings. The monoisotopic (exact) mass is 547 g/mol. The van der Waals surface area contributed by atoms with E-state index in [4.69, 9.17) is 9.47 Å². The molecule has 0 spiro atoms. The Morgan fingerprint density at radius 1 is 0.974 bits per heavy atom. The van der Waals surface area contributed by atoms with Crippen LogP contribution in [0.4, 0.5) is 5.69 Å². The van der Waals surface area contributed by atoms with Gasteiger partial charge < -0.3 is 19.7 Å². The lowest BCUT2D eigenvalue weighted by Crippen LogP contribution is -2.47. The zero-order valence-corrected chi connectivity index (χ0v) is 23.9. The molecule has 0 radical (unpaired) electrons. The highest BCUT2D eigenvalue weighted by Crippen LogP contribution is 2.23. The predicted molar refractivity (Wildman–Crippen MR) is 150 cm³/mol. The molecule has 2 amide bonds.